The number of ether oxygens (including phenoxy) is 2. The SMILES string of the molecule is CCCCCCCCCCCCCCCCCOCCCOC(N)=O. The van der Waals surface area contributed by atoms with Crippen LogP contribution in [0, 0.1) is 0 Å². The third-order valence-corrected chi connectivity index (χ3v) is 4.57. The Morgan fingerprint density at radius 1 is 0.600 bits per heavy atom. The third-order valence-electron chi connectivity index (χ3n) is 4.57. The van der Waals surface area contributed by atoms with E-state index in [2.05, 4.69) is 11.7 Å². The predicted molar refractivity (Wildman–Crippen MR) is 106 cm³/mol. The molecule has 2 N–H and O–H groups in total. The fraction of sp³-hybridized carbons (Fsp3) is 0.952. The van der Waals surface area contributed by atoms with E-state index in [9.17, 15) is 4.79 Å². The quantitative estimate of drug-likeness (QED) is 0.258. The van der Waals surface area contributed by atoms with Gasteiger partial charge in [0.05, 0.1) is 6.61 Å². The van der Waals surface area contributed by atoms with Gasteiger partial charge in [-0.05, 0) is 6.42 Å². The zero-order chi connectivity index (χ0) is 18.4. The largest absolute Gasteiger partial charge is 0.450 e. The van der Waals surface area contributed by atoms with Crippen LogP contribution in [0.25, 0.3) is 0 Å². The van der Waals surface area contributed by atoms with E-state index in [-0.39, 0.29) is 0 Å². The molecule has 0 heterocycles. The normalized spacial score (nSPS) is 10.9. The molecule has 0 aliphatic carbocycles. The molecule has 0 aromatic heterocycles. The molecule has 0 atom stereocenters. The number of rotatable bonds is 20. The Morgan fingerprint density at radius 2 is 1.00 bits per heavy atom. The van der Waals surface area contributed by atoms with Crippen LogP contribution in [-0.4, -0.2) is 25.9 Å². The van der Waals surface area contributed by atoms with E-state index in [1.807, 2.05) is 0 Å². The molecule has 0 aromatic carbocycles. The zero-order valence-corrected chi connectivity index (χ0v) is 16.7. The molecule has 0 unspecified atom stereocenters. The molecule has 0 bridgehead atoms. The summed E-state index contributed by atoms with van der Waals surface area (Å²) in [6, 6.07) is 0. The van der Waals surface area contributed by atoms with E-state index in [0.717, 1.165) is 19.4 Å². The minimum absolute atomic E-state index is 0.355. The summed E-state index contributed by atoms with van der Waals surface area (Å²) in [5.41, 5.74) is 4.87. The van der Waals surface area contributed by atoms with Crippen molar-refractivity contribution in [2.24, 2.45) is 5.73 Å². The predicted octanol–water partition coefficient (Wildman–Crippen LogP) is 6.36. The van der Waals surface area contributed by atoms with Crippen molar-refractivity contribution in [2.45, 2.75) is 110 Å². The molecule has 0 aliphatic rings. The highest BCUT2D eigenvalue weighted by Gasteiger charge is 1.96. The van der Waals surface area contributed by atoms with Gasteiger partial charge in [0.15, 0.2) is 0 Å². The Labute approximate surface area is 156 Å². The summed E-state index contributed by atoms with van der Waals surface area (Å²) >= 11 is 0. The lowest BCUT2D eigenvalue weighted by Crippen LogP contribution is -2.14. The van der Waals surface area contributed by atoms with E-state index in [4.69, 9.17) is 10.5 Å². The van der Waals surface area contributed by atoms with Crippen LogP contribution in [0.15, 0.2) is 0 Å². The van der Waals surface area contributed by atoms with Crippen molar-refractivity contribution in [1.29, 1.82) is 0 Å². The summed E-state index contributed by atoms with van der Waals surface area (Å²) < 4.78 is 10.1. The molecule has 1 amide bonds. The highest BCUT2D eigenvalue weighted by Crippen LogP contribution is 2.13. The van der Waals surface area contributed by atoms with Gasteiger partial charge in [0.1, 0.15) is 0 Å². The van der Waals surface area contributed by atoms with Gasteiger partial charge in [-0.3, -0.25) is 0 Å². The number of hydrogen-bond acceptors (Lipinski definition) is 3. The molecule has 0 fully saturated rings. The average molecular weight is 358 g/mol. The Balaban J connectivity index is 2.97. The number of hydrogen-bond donors (Lipinski definition) is 1. The summed E-state index contributed by atoms with van der Waals surface area (Å²) in [6.45, 7) is 4.09. The fourth-order valence-corrected chi connectivity index (χ4v) is 3.01. The summed E-state index contributed by atoms with van der Waals surface area (Å²) in [7, 11) is 0. The first-order valence-electron chi connectivity index (χ1n) is 10.8. The molecule has 0 saturated heterocycles. The van der Waals surface area contributed by atoms with Crippen molar-refractivity contribution >= 4 is 6.09 Å². The molecule has 0 aromatic rings. The second kappa shape index (κ2) is 21.3. The number of carbonyl (C=O) groups is 1. The first-order valence-corrected chi connectivity index (χ1v) is 10.8. The Kier molecular flexibility index (Phi) is 20.6. The van der Waals surface area contributed by atoms with Crippen LogP contribution < -0.4 is 5.73 Å². The summed E-state index contributed by atoms with van der Waals surface area (Å²) in [5.74, 6) is 0. The molecule has 0 aliphatic heterocycles. The monoisotopic (exact) mass is 357 g/mol. The van der Waals surface area contributed by atoms with Crippen LogP contribution >= 0.6 is 0 Å². The molecular weight excluding hydrogens is 314 g/mol. The van der Waals surface area contributed by atoms with Gasteiger partial charge in [0.2, 0.25) is 0 Å². The van der Waals surface area contributed by atoms with Crippen LogP contribution in [0.1, 0.15) is 110 Å². The molecule has 0 saturated carbocycles. The van der Waals surface area contributed by atoms with Crippen molar-refractivity contribution < 1.29 is 14.3 Å². The Morgan fingerprint density at radius 3 is 1.44 bits per heavy atom. The molecule has 0 radical (unpaired) electrons. The summed E-state index contributed by atoms with van der Waals surface area (Å²) in [5, 5.41) is 0. The average Bonchev–Trinajstić information content (AvgIpc) is 2.60. The Hall–Kier alpha value is -0.770. The van der Waals surface area contributed by atoms with Gasteiger partial charge in [-0.1, -0.05) is 96.8 Å². The highest BCUT2D eigenvalue weighted by atomic mass is 16.5. The maximum absolute atomic E-state index is 10.4. The number of unbranched alkanes of at least 4 members (excludes halogenated alkanes) is 14. The van der Waals surface area contributed by atoms with Crippen molar-refractivity contribution in [3.63, 3.8) is 0 Å². The Bertz CT molecular complexity index is 272. The van der Waals surface area contributed by atoms with E-state index < -0.39 is 6.09 Å². The van der Waals surface area contributed by atoms with Crippen molar-refractivity contribution in [3.05, 3.63) is 0 Å². The third kappa shape index (κ3) is 23.2. The van der Waals surface area contributed by atoms with Gasteiger partial charge in [0, 0.05) is 19.6 Å². The summed E-state index contributed by atoms with van der Waals surface area (Å²) in [4.78, 5) is 10.4. The molecule has 0 rings (SSSR count). The number of primary amides is 1. The second-order valence-corrected chi connectivity index (χ2v) is 7.08. The standard InChI is InChI=1S/C21H43NO3/c1-2-3-4-5-6-7-8-9-10-11-12-13-14-15-16-18-24-19-17-20-25-21(22)23/h2-20H2,1H3,(H2,22,23). The maximum Gasteiger partial charge on any atom is 0.404 e. The summed E-state index contributed by atoms with van der Waals surface area (Å²) in [6.07, 6.45) is 20.7. The molecule has 0 spiro atoms. The number of nitrogens with two attached hydrogens (primary N) is 1. The first kappa shape index (κ1) is 24.2. The van der Waals surface area contributed by atoms with E-state index in [0.29, 0.717) is 13.2 Å². The molecule has 4 nitrogen and oxygen atoms in total. The molecular formula is C21H43NO3. The van der Waals surface area contributed by atoms with Crippen molar-refractivity contribution in [3.8, 4) is 0 Å². The number of carbonyl (C=O) groups excluding carboxylic acids is 1. The second-order valence-electron chi connectivity index (χ2n) is 7.08. The lowest BCUT2D eigenvalue weighted by atomic mass is 10.0. The van der Waals surface area contributed by atoms with Gasteiger partial charge in [0.25, 0.3) is 0 Å². The lowest BCUT2D eigenvalue weighted by Gasteiger charge is -2.05. The van der Waals surface area contributed by atoms with Gasteiger partial charge in [-0.25, -0.2) is 4.79 Å². The smallest absolute Gasteiger partial charge is 0.404 e. The van der Waals surface area contributed by atoms with E-state index in [1.54, 1.807) is 0 Å². The number of amides is 1. The van der Waals surface area contributed by atoms with Gasteiger partial charge in [-0.2, -0.15) is 0 Å². The van der Waals surface area contributed by atoms with Crippen LogP contribution in [0.2, 0.25) is 0 Å². The van der Waals surface area contributed by atoms with Gasteiger partial charge in [-0.15, -0.1) is 0 Å². The van der Waals surface area contributed by atoms with Gasteiger partial charge >= 0.3 is 6.09 Å². The molecule has 4 heteroatoms. The fourth-order valence-electron chi connectivity index (χ4n) is 3.01. The van der Waals surface area contributed by atoms with Crippen LogP contribution in [0.5, 0.6) is 0 Å². The van der Waals surface area contributed by atoms with Crippen LogP contribution in [-0.2, 0) is 9.47 Å². The minimum atomic E-state index is -0.706. The van der Waals surface area contributed by atoms with E-state index >= 15 is 0 Å². The molecule has 25 heavy (non-hydrogen) atoms. The topological polar surface area (TPSA) is 61.6 Å². The lowest BCUT2D eigenvalue weighted by molar-refractivity contribution is 0.102. The van der Waals surface area contributed by atoms with Crippen molar-refractivity contribution in [1.82, 2.24) is 0 Å². The zero-order valence-electron chi connectivity index (χ0n) is 16.7. The van der Waals surface area contributed by atoms with Crippen LogP contribution in [0.3, 0.4) is 0 Å². The van der Waals surface area contributed by atoms with E-state index in [1.165, 1.54) is 89.9 Å². The van der Waals surface area contributed by atoms with Crippen LogP contribution in [0.4, 0.5) is 4.79 Å². The minimum Gasteiger partial charge on any atom is -0.450 e. The first-order chi connectivity index (χ1) is 12.3. The van der Waals surface area contributed by atoms with Gasteiger partial charge < -0.3 is 15.2 Å². The molecule has 150 valence electrons. The highest BCUT2D eigenvalue weighted by molar-refractivity contribution is 5.64. The van der Waals surface area contributed by atoms with Crippen molar-refractivity contribution in [2.75, 3.05) is 19.8 Å². The maximum atomic E-state index is 10.4.